The van der Waals surface area contributed by atoms with Crippen LogP contribution in [0.4, 0.5) is 13.2 Å². The molecular weight excluding hydrogens is 421 g/mol. The number of amides is 1. The summed E-state index contributed by atoms with van der Waals surface area (Å²) in [6.07, 6.45) is -3.04. The number of aromatic nitrogens is 3. The fourth-order valence-corrected chi connectivity index (χ4v) is 3.39. The van der Waals surface area contributed by atoms with Gasteiger partial charge in [0, 0.05) is 41.5 Å². The van der Waals surface area contributed by atoms with E-state index in [0.29, 0.717) is 16.1 Å². The number of nitrogens with one attached hydrogen (secondary N) is 2. The fourth-order valence-electron chi connectivity index (χ4n) is 3.17. The van der Waals surface area contributed by atoms with Crippen LogP contribution in [-0.4, -0.2) is 20.7 Å². The predicted molar refractivity (Wildman–Crippen MR) is 106 cm³/mol. The van der Waals surface area contributed by atoms with Crippen LogP contribution >= 0.6 is 11.6 Å². The van der Waals surface area contributed by atoms with Crippen LogP contribution in [0, 0.1) is 13.8 Å². The third-order valence-electron chi connectivity index (χ3n) is 4.80. The van der Waals surface area contributed by atoms with E-state index in [0.717, 1.165) is 17.3 Å². The number of rotatable bonds is 4. The minimum Gasteiger partial charge on any atom is -0.348 e. The lowest BCUT2D eigenvalue weighted by atomic mass is 9.99. The van der Waals surface area contributed by atoms with Crippen molar-refractivity contribution in [2.45, 2.75) is 26.6 Å². The summed E-state index contributed by atoms with van der Waals surface area (Å²) in [5.41, 5.74) is 0.564. The summed E-state index contributed by atoms with van der Waals surface area (Å²) in [6.45, 7) is 2.91. The lowest BCUT2D eigenvalue weighted by molar-refractivity contribution is -0.141. The first-order chi connectivity index (χ1) is 14.0. The summed E-state index contributed by atoms with van der Waals surface area (Å²) in [5.74, 6) is -0.503. The minimum atomic E-state index is -4.66. The van der Waals surface area contributed by atoms with Crippen molar-refractivity contribution < 1.29 is 18.0 Å². The Labute approximate surface area is 174 Å². The van der Waals surface area contributed by atoms with Gasteiger partial charge in [0.25, 0.3) is 11.5 Å². The largest absolute Gasteiger partial charge is 0.431 e. The number of benzene rings is 1. The monoisotopic (exact) mass is 438 g/mol. The van der Waals surface area contributed by atoms with Crippen LogP contribution in [0.3, 0.4) is 0 Å². The maximum atomic E-state index is 12.8. The van der Waals surface area contributed by atoms with E-state index in [2.05, 4.69) is 10.4 Å². The van der Waals surface area contributed by atoms with Crippen molar-refractivity contribution in [3.63, 3.8) is 0 Å². The van der Waals surface area contributed by atoms with E-state index in [4.69, 9.17) is 11.6 Å². The zero-order valence-corrected chi connectivity index (χ0v) is 17.1. The zero-order chi connectivity index (χ0) is 22.2. The zero-order valence-electron chi connectivity index (χ0n) is 16.3. The number of alkyl halides is 3. The molecule has 30 heavy (non-hydrogen) atoms. The van der Waals surface area contributed by atoms with Gasteiger partial charge in [0.1, 0.15) is 5.69 Å². The van der Waals surface area contributed by atoms with Crippen LogP contribution in [0.5, 0.6) is 0 Å². The van der Waals surface area contributed by atoms with Gasteiger partial charge in [0.05, 0.1) is 5.69 Å². The van der Waals surface area contributed by atoms with Gasteiger partial charge < -0.3 is 10.3 Å². The number of aromatic amines is 1. The Morgan fingerprint density at radius 2 is 1.97 bits per heavy atom. The van der Waals surface area contributed by atoms with Crippen LogP contribution in [0.15, 0.2) is 35.3 Å². The maximum Gasteiger partial charge on any atom is 0.431 e. The van der Waals surface area contributed by atoms with Gasteiger partial charge in [-0.3, -0.25) is 14.3 Å². The molecule has 10 heteroatoms. The highest BCUT2D eigenvalue weighted by molar-refractivity contribution is 6.31. The normalized spacial score (nSPS) is 11.6. The Balaban J connectivity index is 1.89. The molecule has 2 N–H and O–H groups in total. The van der Waals surface area contributed by atoms with Crippen molar-refractivity contribution in [1.29, 1.82) is 0 Å². The molecular formula is C20H18ClF3N4O2. The number of nitrogens with zero attached hydrogens (tertiary/aromatic N) is 2. The Hall–Kier alpha value is -3.07. The van der Waals surface area contributed by atoms with Gasteiger partial charge in [-0.05, 0) is 49.2 Å². The van der Waals surface area contributed by atoms with Crippen molar-refractivity contribution in [2.75, 3.05) is 0 Å². The van der Waals surface area contributed by atoms with Gasteiger partial charge in [-0.15, -0.1) is 0 Å². The summed E-state index contributed by atoms with van der Waals surface area (Å²) < 4.78 is 40.1. The summed E-state index contributed by atoms with van der Waals surface area (Å²) in [6, 6.07) is 5.84. The van der Waals surface area contributed by atoms with Crippen molar-refractivity contribution in [1.82, 2.24) is 20.1 Å². The predicted octanol–water partition coefficient (Wildman–Crippen LogP) is 3.99. The Bertz CT molecular complexity index is 1180. The first-order valence-electron chi connectivity index (χ1n) is 8.85. The fraction of sp³-hybridized carbons (Fsp3) is 0.250. The molecule has 0 unspecified atom stereocenters. The molecule has 3 aromatic rings. The summed E-state index contributed by atoms with van der Waals surface area (Å²) in [7, 11) is 1.76. The smallest absolute Gasteiger partial charge is 0.348 e. The molecule has 2 aromatic heterocycles. The molecule has 0 atom stereocenters. The van der Waals surface area contributed by atoms with Gasteiger partial charge in [-0.25, -0.2) is 0 Å². The van der Waals surface area contributed by atoms with Crippen molar-refractivity contribution in [2.24, 2.45) is 7.05 Å². The van der Waals surface area contributed by atoms with E-state index in [9.17, 15) is 22.8 Å². The average molecular weight is 439 g/mol. The molecule has 0 fully saturated rings. The quantitative estimate of drug-likeness (QED) is 0.646. The second kappa shape index (κ2) is 7.98. The molecule has 3 rings (SSSR count). The first kappa shape index (κ1) is 21.6. The number of pyridine rings is 1. The van der Waals surface area contributed by atoms with Gasteiger partial charge in [0.15, 0.2) is 0 Å². The van der Waals surface area contributed by atoms with Gasteiger partial charge >= 0.3 is 6.18 Å². The van der Waals surface area contributed by atoms with Gasteiger partial charge in [0.2, 0.25) is 0 Å². The number of hydrogen-bond donors (Lipinski definition) is 2. The molecule has 0 radical (unpaired) electrons. The molecule has 0 aliphatic heterocycles. The van der Waals surface area contributed by atoms with E-state index in [-0.39, 0.29) is 17.7 Å². The third kappa shape index (κ3) is 4.25. The Morgan fingerprint density at radius 3 is 2.53 bits per heavy atom. The molecule has 1 amide bonds. The molecule has 158 valence electrons. The van der Waals surface area contributed by atoms with Crippen molar-refractivity contribution in [3.8, 4) is 11.3 Å². The number of carbonyl (C=O) groups is 1. The molecule has 0 spiro atoms. The molecule has 2 heterocycles. The summed E-state index contributed by atoms with van der Waals surface area (Å²) >= 11 is 6.19. The van der Waals surface area contributed by atoms with E-state index >= 15 is 0 Å². The summed E-state index contributed by atoms with van der Waals surface area (Å²) in [5, 5.41) is 7.04. The number of H-pyrrole nitrogens is 1. The highest BCUT2D eigenvalue weighted by Crippen LogP contribution is 2.30. The van der Waals surface area contributed by atoms with Crippen LogP contribution in [0.1, 0.15) is 32.7 Å². The van der Waals surface area contributed by atoms with Crippen LogP contribution in [-0.2, 0) is 19.8 Å². The van der Waals surface area contributed by atoms with Crippen molar-refractivity contribution in [3.05, 3.63) is 73.8 Å². The standard InChI is InChI=1S/C20H18ClF3N4O2/c1-10-6-17(20(22,23)24)27-19(30)15(10)9-25-18(29)14-8-12(21)7-13(11(14)2)16-4-5-26-28(16)3/h4-8H,9H2,1-3H3,(H,25,29)(H,27,30). The second-order valence-corrected chi connectivity index (χ2v) is 7.26. The molecule has 0 bridgehead atoms. The second-order valence-electron chi connectivity index (χ2n) is 6.82. The van der Waals surface area contributed by atoms with Crippen LogP contribution < -0.4 is 10.9 Å². The maximum absolute atomic E-state index is 12.8. The third-order valence-corrected chi connectivity index (χ3v) is 5.02. The minimum absolute atomic E-state index is 0.0443. The molecule has 1 aromatic carbocycles. The lowest BCUT2D eigenvalue weighted by Crippen LogP contribution is -2.29. The van der Waals surface area contributed by atoms with Crippen LogP contribution in [0.2, 0.25) is 5.02 Å². The Kier molecular flexibility index (Phi) is 5.76. The highest BCUT2D eigenvalue weighted by atomic mass is 35.5. The molecule has 0 saturated carbocycles. The summed E-state index contributed by atoms with van der Waals surface area (Å²) in [4.78, 5) is 26.7. The lowest BCUT2D eigenvalue weighted by Gasteiger charge is -2.14. The molecule has 0 aliphatic carbocycles. The number of halogens is 4. The van der Waals surface area contributed by atoms with E-state index in [1.807, 2.05) is 4.98 Å². The SMILES string of the molecule is Cc1cc(C(F)(F)F)[nH]c(=O)c1CNC(=O)c1cc(Cl)cc(-c2ccnn2C)c1C. The van der Waals surface area contributed by atoms with E-state index < -0.39 is 23.3 Å². The van der Waals surface area contributed by atoms with Gasteiger partial charge in [-0.1, -0.05) is 11.6 Å². The Morgan fingerprint density at radius 1 is 1.27 bits per heavy atom. The van der Waals surface area contributed by atoms with Crippen LogP contribution in [0.25, 0.3) is 11.3 Å². The number of carbonyl (C=O) groups excluding carboxylic acids is 1. The highest BCUT2D eigenvalue weighted by Gasteiger charge is 2.32. The molecule has 0 saturated heterocycles. The van der Waals surface area contributed by atoms with Crippen molar-refractivity contribution >= 4 is 17.5 Å². The first-order valence-corrected chi connectivity index (χ1v) is 9.23. The number of hydrogen-bond acceptors (Lipinski definition) is 3. The topological polar surface area (TPSA) is 79.8 Å². The number of aryl methyl sites for hydroxylation is 2. The average Bonchev–Trinajstić information content (AvgIpc) is 3.07. The molecule has 0 aliphatic rings. The van der Waals surface area contributed by atoms with E-state index in [1.54, 1.807) is 37.0 Å². The molecule has 6 nitrogen and oxygen atoms in total. The van der Waals surface area contributed by atoms with E-state index in [1.165, 1.54) is 13.0 Å². The van der Waals surface area contributed by atoms with Gasteiger partial charge in [-0.2, -0.15) is 18.3 Å².